The molecule has 1 aromatic carbocycles. The fourth-order valence-electron chi connectivity index (χ4n) is 3.07. The first-order valence-electron chi connectivity index (χ1n) is 9.52. The van der Waals surface area contributed by atoms with Crippen molar-refractivity contribution >= 4 is 15.7 Å². The van der Waals surface area contributed by atoms with E-state index in [9.17, 15) is 31.5 Å². The van der Waals surface area contributed by atoms with Crippen LogP contribution in [0.15, 0.2) is 42.6 Å². The smallest absolute Gasteiger partial charge is 0.315 e. The van der Waals surface area contributed by atoms with Gasteiger partial charge in [-0.3, -0.25) is 9.78 Å². The van der Waals surface area contributed by atoms with Crippen molar-refractivity contribution < 1.29 is 31.5 Å². The molecule has 0 radical (unpaired) electrons. The molecule has 1 unspecified atom stereocenters. The monoisotopic (exact) mass is 457 g/mol. The maximum Gasteiger partial charge on any atom is 0.315 e. The van der Waals surface area contributed by atoms with Crippen LogP contribution in [0, 0.1) is 0 Å². The lowest BCUT2D eigenvalue weighted by atomic mass is 9.99. The number of sulfone groups is 1. The van der Waals surface area contributed by atoms with Crippen LogP contribution in [0.4, 0.5) is 13.2 Å². The van der Waals surface area contributed by atoms with E-state index in [2.05, 4.69) is 4.98 Å². The summed E-state index contributed by atoms with van der Waals surface area (Å²) in [6.07, 6.45) is -2.14. The molecule has 0 spiro atoms. The second-order valence-corrected chi connectivity index (χ2v) is 9.67. The van der Waals surface area contributed by atoms with Crippen molar-refractivity contribution in [1.82, 2.24) is 10.3 Å². The first-order chi connectivity index (χ1) is 14.6. The van der Waals surface area contributed by atoms with Crippen molar-refractivity contribution in [3.05, 3.63) is 53.9 Å². The summed E-state index contributed by atoms with van der Waals surface area (Å²) >= 11 is 0. The van der Waals surface area contributed by atoms with Crippen molar-refractivity contribution in [1.29, 1.82) is 0 Å². The zero-order chi connectivity index (χ0) is 22.8. The average Bonchev–Trinajstić information content (AvgIpc) is 3.62. The van der Waals surface area contributed by atoms with Crippen LogP contribution in [0.25, 0.3) is 11.1 Å². The normalized spacial score (nSPS) is 17.2. The largest absolute Gasteiger partial charge is 0.386 e. The molecular formula is C20H22F3N3O4S. The second-order valence-electron chi connectivity index (χ2n) is 7.32. The number of nitrogens with zero attached hydrogens (tertiary/aromatic N) is 1. The molecule has 1 fully saturated rings. The number of halogens is 3. The van der Waals surface area contributed by atoms with E-state index in [0.717, 1.165) is 0 Å². The standard InChI is InChI=1S/C20H22F3N3O4S/c21-9-16(26-20(28)18(22)23)17(27)12-3-1-11(2-4-12)13-5-8-15(25-10-13)19(24)31(29,30)14-6-7-14/h1-5,8,10,14,16-19,27H,6-7,9,24H2,(H,26,28)/t16-,17-,19?/m1/s1. The maximum atomic E-state index is 13.1. The minimum atomic E-state index is -3.46. The number of hydrogen-bond donors (Lipinski definition) is 3. The van der Waals surface area contributed by atoms with E-state index in [0.29, 0.717) is 24.0 Å². The molecule has 0 bridgehead atoms. The third-order valence-electron chi connectivity index (χ3n) is 5.08. The van der Waals surface area contributed by atoms with Gasteiger partial charge in [0.1, 0.15) is 12.8 Å². The summed E-state index contributed by atoms with van der Waals surface area (Å²) in [6, 6.07) is 7.80. The van der Waals surface area contributed by atoms with Crippen LogP contribution in [-0.2, 0) is 14.6 Å². The molecule has 1 amide bonds. The van der Waals surface area contributed by atoms with E-state index in [1.807, 2.05) is 0 Å². The SMILES string of the molecule is NC(c1ccc(-c2ccc([C@@H](O)[C@@H](CF)NC(=O)C(F)F)cc2)cn1)S(=O)(=O)C1CC1. The molecule has 11 heteroatoms. The van der Waals surface area contributed by atoms with Crippen LogP contribution in [0.3, 0.4) is 0 Å². The molecule has 1 aliphatic rings. The molecule has 1 saturated carbocycles. The number of nitrogens with two attached hydrogens (primary N) is 1. The third kappa shape index (κ3) is 5.23. The van der Waals surface area contributed by atoms with Crippen molar-refractivity contribution in [2.45, 2.75) is 42.0 Å². The van der Waals surface area contributed by atoms with Gasteiger partial charge in [0, 0.05) is 11.8 Å². The van der Waals surface area contributed by atoms with Crippen molar-refractivity contribution in [2.75, 3.05) is 6.67 Å². The van der Waals surface area contributed by atoms with Gasteiger partial charge in [-0.2, -0.15) is 8.78 Å². The van der Waals surface area contributed by atoms with Gasteiger partial charge in [-0.25, -0.2) is 12.8 Å². The van der Waals surface area contributed by atoms with E-state index in [1.165, 1.54) is 24.4 Å². The summed E-state index contributed by atoms with van der Waals surface area (Å²) in [5.74, 6) is -1.66. The Bertz CT molecular complexity index is 1010. The molecule has 1 heterocycles. The second kappa shape index (κ2) is 9.33. The minimum Gasteiger partial charge on any atom is -0.386 e. The van der Waals surface area contributed by atoms with Gasteiger partial charge in [0.2, 0.25) is 0 Å². The fourth-order valence-corrected chi connectivity index (χ4v) is 4.75. The molecule has 4 N–H and O–H groups in total. The van der Waals surface area contributed by atoms with Crippen LogP contribution in [0.5, 0.6) is 0 Å². The van der Waals surface area contributed by atoms with E-state index in [-0.39, 0.29) is 11.3 Å². The number of carbonyl (C=O) groups is 1. The van der Waals surface area contributed by atoms with Crippen LogP contribution in [0.2, 0.25) is 0 Å². The van der Waals surface area contributed by atoms with E-state index in [1.54, 1.807) is 23.5 Å². The highest BCUT2D eigenvalue weighted by atomic mass is 32.2. The maximum absolute atomic E-state index is 13.1. The van der Waals surface area contributed by atoms with E-state index in [4.69, 9.17) is 5.73 Å². The zero-order valence-corrected chi connectivity index (χ0v) is 17.1. The number of aliphatic hydroxyl groups is 1. The topological polar surface area (TPSA) is 122 Å². The summed E-state index contributed by atoms with van der Waals surface area (Å²) in [4.78, 5) is 15.2. The summed E-state index contributed by atoms with van der Waals surface area (Å²) in [5.41, 5.74) is 7.64. The van der Waals surface area contributed by atoms with Crippen molar-refractivity contribution in [3.63, 3.8) is 0 Å². The minimum absolute atomic E-state index is 0.225. The number of alkyl halides is 3. The van der Waals surface area contributed by atoms with E-state index < -0.39 is 51.6 Å². The highest BCUT2D eigenvalue weighted by molar-refractivity contribution is 7.92. The molecule has 7 nitrogen and oxygen atoms in total. The predicted octanol–water partition coefficient (Wildman–Crippen LogP) is 2.04. The number of hydrogen-bond acceptors (Lipinski definition) is 6. The number of carbonyl (C=O) groups excluding carboxylic acids is 1. The summed E-state index contributed by atoms with van der Waals surface area (Å²) in [6.45, 7) is -1.23. The Morgan fingerprint density at radius 1 is 1.16 bits per heavy atom. The first-order valence-corrected chi connectivity index (χ1v) is 11.1. The number of aromatic nitrogens is 1. The Labute approximate surface area is 177 Å². The average molecular weight is 457 g/mol. The lowest BCUT2D eigenvalue weighted by molar-refractivity contribution is -0.133. The van der Waals surface area contributed by atoms with Gasteiger partial charge in [0.15, 0.2) is 15.2 Å². The third-order valence-corrected chi connectivity index (χ3v) is 7.43. The molecule has 0 aliphatic heterocycles. The molecule has 1 aliphatic carbocycles. The lowest BCUT2D eigenvalue weighted by Gasteiger charge is -2.22. The van der Waals surface area contributed by atoms with Crippen LogP contribution < -0.4 is 11.1 Å². The molecule has 31 heavy (non-hydrogen) atoms. The quantitative estimate of drug-likeness (QED) is 0.530. The van der Waals surface area contributed by atoms with Gasteiger partial charge in [-0.15, -0.1) is 0 Å². The molecule has 168 valence electrons. The van der Waals surface area contributed by atoms with Crippen LogP contribution >= 0.6 is 0 Å². The Kier molecular flexibility index (Phi) is 6.97. The van der Waals surface area contributed by atoms with Crippen molar-refractivity contribution in [3.8, 4) is 11.1 Å². The van der Waals surface area contributed by atoms with Gasteiger partial charge < -0.3 is 16.2 Å². The lowest BCUT2D eigenvalue weighted by Crippen LogP contribution is -2.43. The zero-order valence-electron chi connectivity index (χ0n) is 16.3. The summed E-state index contributed by atoms with van der Waals surface area (Å²) in [7, 11) is -3.46. The number of benzene rings is 1. The van der Waals surface area contributed by atoms with Crippen molar-refractivity contribution in [2.24, 2.45) is 5.73 Å². The first kappa shape index (κ1) is 23.2. The molecule has 3 atom stereocenters. The molecule has 0 saturated heterocycles. The van der Waals surface area contributed by atoms with Gasteiger partial charge >= 0.3 is 6.43 Å². The summed E-state index contributed by atoms with van der Waals surface area (Å²) in [5, 5.41) is 10.4. The molecule has 3 rings (SSSR count). The summed E-state index contributed by atoms with van der Waals surface area (Å²) < 4.78 is 62.3. The molecule has 2 aromatic rings. The number of nitrogens with one attached hydrogen (secondary N) is 1. The highest BCUT2D eigenvalue weighted by Crippen LogP contribution is 2.35. The molecule has 1 aromatic heterocycles. The Hall–Kier alpha value is -2.50. The van der Waals surface area contributed by atoms with Crippen LogP contribution in [0.1, 0.15) is 35.6 Å². The van der Waals surface area contributed by atoms with Crippen LogP contribution in [-0.4, -0.2) is 48.8 Å². The number of aliphatic hydroxyl groups excluding tert-OH is 1. The van der Waals surface area contributed by atoms with Gasteiger partial charge in [-0.1, -0.05) is 30.3 Å². The highest BCUT2D eigenvalue weighted by Gasteiger charge is 2.40. The van der Waals surface area contributed by atoms with Gasteiger partial charge in [0.25, 0.3) is 5.91 Å². The molecular weight excluding hydrogens is 435 g/mol. The predicted molar refractivity (Wildman–Crippen MR) is 107 cm³/mol. The number of pyridine rings is 1. The van der Waals surface area contributed by atoms with Gasteiger partial charge in [0.05, 0.1) is 17.0 Å². The van der Waals surface area contributed by atoms with E-state index >= 15 is 0 Å². The van der Waals surface area contributed by atoms with Gasteiger partial charge in [-0.05, 0) is 30.0 Å². The number of amides is 1. The Morgan fingerprint density at radius 3 is 2.26 bits per heavy atom. The Morgan fingerprint density at radius 2 is 1.77 bits per heavy atom. The number of rotatable bonds is 9. The fraction of sp³-hybridized carbons (Fsp3) is 0.400. The Balaban J connectivity index is 1.71.